The van der Waals surface area contributed by atoms with Crippen molar-refractivity contribution >= 4 is 78.3 Å². The molecule has 0 saturated heterocycles. The molecule has 0 aromatic heterocycles. The van der Waals surface area contributed by atoms with Crippen molar-refractivity contribution in [2.75, 3.05) is 0 Å². The second-order valence-corrected chi connectivity index (χ2v) is 8.62. The Hall–Kier alpha value is 2.12. The zero-order chi connectivity index (χ0) is 9.07. The molecular weight excluding hydrogens is 362 g/mol. The Labute approximate surface area is 103 Å². The van der Waals surface area contributed by atoms with Gasteiger partial charge in [-0.15, -0.1) is 11.6 Å². The second kappa shape index (κ2) is 5.77. The van der Waals surface area contributed by atoms with E-state index in [4.69, 9.17) is 46.4 Å². The zero-order valence-corrected chi connectivity index (χ0v) is 11.5. The lowest BCUT2D eigenvalue weighted by atomic mass is 10.3. The van der Waals surface area contributed by atoms with Gasteiger partial charge in [0.2, 0.25) is 0 Å². The molecule has 0 aromatic rings. The summed E-state index contributed by atoms with van der Waals surface area (Å²) in [5, 5.41) is -0.133. The zero-order valence-electron chi connectivity index (χ0n) is 5.34. The summed E-state index contributed by atoms with van der Waals surface area (Å²) >= 11 is 29.0. The van der Waals surface area contributed by atoms with Crippen molar-refractivity contribution in [2.24, 2.45) is 0 Å². The van der Waals surface area contributed by atoms with Crippen molar-refractivity contribution in [3.63, 3.8) is 0 Å². The summed E-state index contributed by atoms with van der Waals surface area (Å²) in [5.74, 6) is 0. The van der Waals surface area contributed by atoms with Crippen LogP contribution in [-0.2, 0) is 0 Å². The van der Waals surface area contributed by atoms with Crippen LogP contribution in [0.5, 0.6) is 0 Å². The van der Waals surface area contributed by atoms with Crippen LogP contribution in [0.4, 0.5) is 0 Å². The van der Waals surface area contributed by atoms with E-state index in [1.54, 1.807) is 0 Å². The van der Waals surface area contributed by atoms with Gasteiger partial charge in [0.05, 0.1) is 3.74 Å². The fourth-order valence-corrected chi connectivity index (χ4v) is 3.07. The molecule has 0 nitrogen and oxygen atoms in total. The molecule has 0 heterocycles. The highest BCUT2D eigenvalue weighted by atomic mass is 79.9. The molecule has 0 rings (SSSR count). The lowest BCUT2D eigenvalue weighted by molar-refractivity contribution is 0.742. The molecule has 0 aromatic carbocycles. The van der Waals surface area contributed by atoms with Crippen LogP contribution in [0.25, 0.3) is 0 Å². The normalized spacial score (nSPS) is 15.5. The van der Waals surface area contributed by atoms with E-state index in [2.05, 4.69) is 31.9 Å². The molecule has 1 unspecified atom stereocenters. The maximum Gasteiger partial charge on any atom is 0.192 e. The third kappa shape index (κ3) is 10.0. The van der Waals surface area contributed by atoms with Gasteiger partial charge in [0, 0.05) is 11.8 Å². The molecule has 6 heteroatoms. The molecule has 0 spiro atoms. The van der Waals surface area contributed by atoms with Gasteiger partial charge in [-0.3, -0.25) is 0 Å². The van der Waals surface area contributed by atoms with Crippen molar-refractivity contribution in [2.45, 2.75) is 25.7 Å². The first kappa shape index (κ1) is 13.1. The molecule has 0 N–H and O–H groups in total. The maximum absolute atomic E-state index is 5.85. The Morgan fingerprint density at radius 3 is 1.91 bits per heavy atom. The van der Waals surface area contributed by atoms with Crippen molar-refractivity contribution in [3.8, 4) is 0 Å². The SMILES string of the molecule is ClC(CC(Br)Br)CC(Cl)(Cl)Cl. The first-order valence-electron chi connectivity index (χ1n) is 2.80. The van der Waals surface area contributed by atoms with Crippen LogP contribution >= 0.6 is 78.3 Å². The Morgan fingerprint density at radius 1 is 1.18 bits per heavy atom. The van der Waals surface area contributed by atoms with Crippen LogP contribution in [0.1, 0.15) is 12.8 Å². The first-order valence-corrected chi connectivity index (χ1v) is 6.20. The molecule has 0 saturated carbocycles. The largest absolute Gasteiger partial charge is 0.192 e. The van der Waals surface area contributed by atoms with Gasteiger partial charge in [0.15, 0.2) is 3.79 Å². The Balaban J connectivity index is 3.61. The number of hydrogen-bond donors (Lipinski definition) is 0. The highest BCUT2D eigenvalue weighted by Crippen LogP contribution is 2.35. The van der Waals surface area contributed by atoms with Crippen molar-refractivity contribution < 1.29 is 0 Å². The Morgan fingerprint density at radius 2 is 1.64 bits per heavy atom. The molecule has 1 atom stereocenters. The molecule has 0 fully saturated rings. The summed E-state index contributed by atoms with van der Waals surface area (Å²) in [7, 11) is 0. The summed E-state index contributed by atoms with van der Waals surface area (Å²) in [6.45, 7) is 0. The highest BCUT2D eigenvalue weighted by molar-refractivity contribution is 9.24. The van der Waals surface area contributed by atoms with Gasteiger partial charge in [-0.1, -0.05) is 66.7 Å². The molecule has 0 bridgehead atoms. The van der Waals surface area contributed by atoms with Crippen LogP contribution in [-0.4, -0.2) is 12.9 Å². The molecular formula is C5H6Br2Cl4. The van der Waals surface area contributed by atoms with Gasteiger partial charge in [0.25, 0.3) is 0 Å². The third-order valence-corrected chi connectivity index (χ3v) is 2.43. The fourth-order valence-electron chi connectivity index (χ4n) is 0.528. The van der Waals surface area contributed by atoms with Crippen LogP contribution in [0, 0.1) is 0 Å². The molecule has 0 aliphatic heterocycles. The molecule has 0 aliphatic rings. The first-order chi connectivity index (χ1) is 4.81. The van der Waals surface area contributed by atoms with E-state index < -0.39 is 3.79 Å². The Bertz CT molecular complexity index is 112. The third-order valence-electron chi connectivity index (χ3n) is 0.887. The maximum atomic E-state index is 5.85. The summed E-state index contributed by atoms with van der Waals surface area (Å²) < 4.78 is -1.08. The van der Waals surface area contributed by atoms with Crippen LogP contribution in [0.3, 0.4) is 0 Å². The van der Waals surface area contributed by atoms with E-state index in [0.29, 0.717) is 6.42 Å². The van der Waals surface area contributed by atoms with E-state index in [0.717, 1.165) is 6.42 Å². The predicted molar refractivity (Wildman–Crippen MR) is 60.8 cm³/mol. The molecule has 0 amide bonds. The fraction of sp³-hybridized carbons (Fsp3) is 1.00. The number of rotatable bonds is 3. The summed E-state index contributed by atoms with van der Waals surface area (Å²) in [6.07, 6.45) is 1.07. The van der Waals surface area contributed by atoms with Gasteiger partial charge < -0.3 is 0 Å². The van der Waals surface area contributed by atoms with E-state index in [-0.39, 0.29) is 9.11 Å². The Kier molecular flexibility index (Phi) is 6.88. The molecule has 0 aliphatic carbocycles. The van der Waals surface area contributed by atoms with Gasteiger partial charge in [-0.05, 0) is 6.42 Å². The smallest absolute Gasteiger partial charge is 0.123 e. The van der Waals surface area contributed by atoms with E-state index in [1.807, 2.05) is 0 Å². The average molecular weight is 368 g/mol. The second-order valence-electron chi connectivity index (χ2n) is 2.04. The standard InChI is InChI=1S/C5H6Br2Cl4/c6-4(7)1-3(8)2-5(9,10)11/h3-4H,1-2H2. The van der Waals surface area contributed by atoms with Crippen molar-refractivity contribution in [3.05, 3.63) is 0 Å². The summed E-state index contributed by atoms with van der Waals surface area (Å²) in [5.41, 5.74) is 0. The van der Waals surface area contributed by atoms with Gasteiger partial charge >= 0.3 is 0 Å². The van der Waals surface area contributed by atoms with Crippen LogP contribution in [0.15, 0.2) is 0 Å². The average Bonchev–Trinajstić information content (AvgIpc) is 1.53. The van der Waals surface area contributed by atoms with Crippen LogP contribution in [0.2, 0.25) is 0 Å². The van der Waals surface area contributed by atoms with E-state index >= 15 is 0 Å². The lowest BCUT2D eigenvalue weighted by Gasteiger charge is -2.15. The minimum atomic E-state index is -1.25. The van der Waals surface area contributed by atoms with Gasteiger partial charge in [0.1, 0.15) is 0 Å². The topological polar surface area (TPSA) is 0 Å². The van der Waals surface area contributed by atoms with Gasteiger partial charge in [-0.2, -0.15) is 0 Å². The minimum Gasteiger partial charge on any atom is -0.123 e. The monoisotopic (exact) mass is 364 g/mol. The molecule has 11 heavy (non-hydrogen) atoms. The summed E-state index contributed by atoms with van der Waals surface area (Å²) in [6, 6.07) is 0. The highest BCUT2D eigenvalue weighted by Gasteiger charge is 2.24. The number of hydrogen-bond acceptors (Lipinski definition) is 0. The predicted octanol–water partition coefficient (Wildman–Crippen LogP) is 4.86. The van der Waals surface area contributed by atoms with Gasteiger partial charge in [-0.25, -0.2) is 0 Å². The number of alkyl halides is 6. The van der Waals surface area contributed by atoms with E-state index in [1.165, 1.54) is 0 Å². The van der Waals surface area contributed by atoms with Crippen LogP contribution < -0.4 is 0 Å². The lowest BCUT2D eigenvalue weighted by Crippen LogP contribution is -2.13. The quantitative estimate of drug-likeness (QED) is 0.625. The summed E-state index contributed by atoms with van der Waals surface area (Å²) in [4.78, 5) is 0. The minimum absolute atomic E-state index is 0.133. The molecule has 68 valence electrons. The van der Waals surface area contributed by atoms with E-state index in [9.17, 15) is 0 Å². The number of halogens is 6. The molecule has 0 radical (unpaired) electrons. The van der Waals surface area contributed by atoms with Crippen molar-refractivity contribution in [1.29, 1.82) is 0 Å². The van der Waals surface area contributed by atoms with Crippen molar-refractivity contribution in [1.82, 2.24) is 0 Å².